The molecule has 0 spiro atoms. The fraction of sp³-hybridized carbons (Fsp3) is 0.571. The van der Waals surface area contributed by atoms with Crippen LogP contribution in [-0.4, -0.2) is 36.6 Å². The number of halogens is 1. The summed E-state index contributed by atoms with van der Waals surface area (Å²) in [5, 5.41) is 10.9. The number of nitro benzene ring substituents is 1. The van der Waals surface area contributed by atoms with E-state index in [1.165, 1.54) is 0 Å². The second-order valence-electron chi connectivity index (χ2n) is 5.22. The molecule has 6 heteroatoms. The number of ether oxygens (including phenoxy) is 1. The van der Waals surface area contributed by atoms with Crippen LogP contribution in [0.5, 0.6) is 0 Å². The van der Waals surface area contributed by atoms with Crippen molar-refractivity contribution in [1.29, 1.82) is 0 Å². The van der Waals surface area contributed by atoms with Crippen LogP contribution in [0.4, 0.5) is 5.69 Å². The van der Waals surface area contributed by atoms with Crippen molar-refractivity contribution in [2.75, 3.05) is 26.8 Å². The van der Waals surface area contributed by atoms with Crippen molar-refractivity contribution in [3.05, 3.63) is 38.3 Å². The van der Waals surface area contributed by atoms with Gasteiger partial charge in [0, 0.05) is 26.3 Å². The van der Waals surface area contributed by atoms with Crippen molar-refractivity contribution in [2.45, 2.75) is 19.4 Å². The Bertz CT molecular complexity index is 473. The Kier molecular flexibility index (Phi) is 5.51. The predicted molar refractivity (Wildman–Crippen MR) is 80.7 cm³/mol. The maximum absolute atomic E-state index is 10.9. The molecule has 1 saturated heterocycles. The average molecular weight is 343 g/mol. The lowest BCUT2D eigenvalue weighted by molar-refractivity contribution is -0.385. The molecule has 1 aliphatic rings. The Morgan fingerprint density at radius 2 is 2.15 bits per heavy atom. The number of rotatable bonds is 5. The summed E-state index contributed by atoms with van der Waals surface area (Å²) < 4.78 is 5.72. The largest absolute Gasteiger partial charge is 0.384 e. The van der Waals surface area contributed by atoms with E-state index in [1.54, 1.807) is 19.2 Å². The predicted octanol–water partition coefficient (Wildman–Crippen LogP) is 3.22. The fourth-order valence-electron chi connectivity index (χ4n) is 2.60. The maximum atomic E-state index is 10.9. The number of hydrogen-bond acceptors (Lipinski definition) is 4. The highest BCUT2D eigenvalue weighted by Crippen LogP contribution is 2.27. The zero-order valence-electron chi connectivity index (χ0n) is 11.5. The first-order valence-electron chi connectivity index (χ1n) is 6.74. The van der Waals surface area contributed by atoms with Crippen molar-refractivity contribution in [1.82, 2.24) is 4.90 Å². The van der Waals surface area contributed by atoms with Gasteiger partial charge in [0.1, 0.15) is 0 Å². The topological polar surface area (TPSA) is 55.6 Å². The zero-order valence-corrected chi connectivity index (χ0v) is 13.1. The highest BCUT2D eigenvalue weighted by molar-refractivity contribution is 9.10. The zero-order chi connectivity index (χ0) is 14.5. The monoisotopic (exact) mass is 342 g/mol. The van der Waals surface area contributed by atoms with Crippen LogP contribution in [0.2, 0.25) is 0 Å². The van der Waals surface area contributed by atoms with Crippen LogP contribution in [0.25, 0.3) is 0 Å². The van der Waals surface area contributed by atoms with Crippen LogP contribution in [0, 0.1) is 16.0 Å². The average Bonchev–Trinajstić information content (AvgIpc) is 2.43. The number of likely N-dealkylation sites (tertiary alicyclic amines) is 1. The quantitative estimate of drug-likeness (QED) is 0.609. The number of benzene rings is 1. The minimum Gasteiger partial charge on any atom is -0.384 e. The Morgan fingerprint density at radius 1 is 1.45 bits per heavy atom. The van der Waals surface area contributed by atoms with Gasteiger partial charge in [-0.1, -0.05) is 6.07 Å². The van der Waals surface area contributed by atoms with E-state index < -0.39 is 0 Å². The molecule has 0 unspecified atom stereocenters. The lowest BCUT2D eigenvalue weighted by atomic mass is 9.97. The van der Waals surface area contributed by atoms with Gasteiger partial charge in [0.15, 0.2) is 0 Å². The Hall–Kier alpha value is -0.980. The molecule has 5 nitrogen and oxygen atoms in total. The van der Waals surface area contributed by atoms with Crippen LogP contribution >= 0.6 is 15.9 Å². The van der Waals surface area contributed by atoms with Gasteiger partial charge >= 0.3 is 0 Å². The van der Waals surface area contributed by atoms with Gasteiger partial charge in [0.05, 0.1) is 9.40 Å². The molecule has 0 atom stereocenters. The maximum Gasteiger partial charge on any atom is 0.283 e. The molecule has 1 heterocycles. The van der Waals surface area contributed by atoms with E-state index >= 15 is 0 Å². The molecule has 1 aromatic rings. The molecular formula is C14H19BrN2O3. The summed E-state index contributed by atoms with van der Waals surface area (Å²) in [5.74, 6) is 0.649. The normalized spacial score (nSPS) is 17.3. The molecular weight excluding hydrogens is 324 g/mol. The molecule has 0 bridgehead atoms. The smallest absolute Gasteiger partial charge is 0.283 e. The lowest BCUT2D eigenvalue weighted by Crippen LogP contribution is -2.34. The molecule has 1 fully saturated rings. The van der Waals surface area contributed by atoms with E-state index in [4.69, 9.17) is 4.74 Å². The summed E-state index contributed by atoms with van der Waals surface area (Å²) in [6.07, 6.45) is 2.26. The molecule has 0 N–H and O–H groups in total. The number of nitro groups is 1. The van der Waals surface area contributed by atoms with Gasteiger partial charge in [-0.15, -0.1) is 0 Å². The first-order chi connectivity index (χ1) is 9.60. The molecule has 0 radical (unpaired) electrons. The highest BCUT2D eigenvalue weighted by atomic mass is 79.9. The van der Waals surface area contributed by atoms with Crippen molar-refractivity contribution < 1.29 is 9.66 Å². The summed E-state index contributed by atoms with van der Waals surface area (Å²) in [5.41, 5.74) is 1.13. The van der Waals surface area contributed by atoms with Gasteiger partial charge in [-0.2, -0.15) is 0 Å². The summed E-state index contributed by atoms with van der Waals surface area (Å²) in [6, 6.07) is 5.36. The molecule has 1 aromatic carbocycles. The SMILES string of the molecule is COCC1CCN(Cc2ccc(Br)c([N+](=O)[O-])c2)CC1. The van der Waals surface area contributed by atoms with Crippen LogP contribution in [0.1, 0.15) is 18.4 Å². The van der Waals surface area contributed by atoms with E-state index in [-0.39, 0.29) is 10.6 Å². The molecule has 110 valence electrons. The fourth-order valence-corrected chi connectivity index (χ4v) is 2.99. The third-order valence-electron chi connectivity index (χ3n) is 3.72. The van der Waals surface area contributed by atoms with Gasteiger partial charge in [-0.05, 0) is 59.4 Å². The third kappa shape index (κ3) is 4.01. The van der Waals surface area contributed by atoms with Crippen LogP contribution in [0.15, 0.2) is 22.7 Å². The Morgan fingerprint density at radius 3 is 2.75 bits per heavy atom. The first-order valence-corrected chi connectivity index (χ1v) is 7.53. The van der Waals surface area contributed by atoms with Crippen LogP contribution in [-0.2, 0) is 11.3 Å². The lowest BCUT2D eigenvalue weighted by Gasteiger charge is -2.31. The van der Waals surface area contributed by atoms with E-state index in [1.807, 2.05) is 6.07 Å². The van der Waals surface area contributed by atoms with E-state index in [2.05, 4.69) is 20.8 Å². The molecule has 0 amide bonds. The minimum absolute atomic E-state index is 0.136. The minimum atomic E-state index is -0.349. The van der Waals surface area contributed by atoms with E-state index in [0.29, 0.717) is 10.4 Å². The number of piperidine rings is 1. The molecule has 2 rings (SSSR count). The van der Waals surface area contributed by atoms with Gasteiger partial charge in [-0.25, -0.2) is 0 Å². The number of hydrogen-bond donors (Lipinski definition) is 0. The van der Waals surface area contributed by atoms with Gasteiger partial charge in [0.25, 0.3) is 5.69 Å². The van der Waals surface area contributed by atoms with Crippen molar-refractivity contribution in [3.63, 3.8) is 0 Å². The molecule has 0 saturated carbocycles. The molecule has 1 aliphatic heterocycles. The Labute approximate surface area is 127 Å². The number of methoxy groups -OCH3 is 1. The summed E-state index contributed by atoms with van der Waals surface area (Å²) in [4.78, 5) is 12.9. The molecule has 20 heavy (non-hydrogen) atoms. The summed E-state index contributed by atoms with van der Waals surface area (Å²) in [7, 11) is 1.74. The van der Waals surface area contributed by atoms with E-state index in [9.17, 15) is 10.1 Å². The van der Waals surface area contributed by atoms with Gasteiger partial charge < -0.3 is 4.74 Å². The van der Waals surface area contributed by atoms with Crippen molar-refractivity contribution in [2.24, 2.45) is 5.92 Å². The van der Waals surface area contributed by atoms with Gasteiger partial charge in [0.2, 0.25) is 0 Å². The summed E-state index contributed by atoms with van der Waals surface area (Å²) >= 11 is 3.21. The second-order valence-corrected chi connectivity index (χ2v) is 6.07. The molecule has 0 aromatic heterocycles. The third-order valence-corrected chi connectivity index (χ3v) is 4.39. The van der Waals surface area contributed by atoms with Crippen LogP contribution < -0.4 is 0 Å². The first kappa shape index (κ1) is 15.4. The van der Waals surface area contributed by atoms with Crippen LogP contribution in [0.3, 0.4) is 0 Å². The highest BCUT2D eigenvalue weighted by Gasteiger charge is 2.20. The van der Waals surface area contributed by atoms with Crippen molar-refractivity contribution in [3.8, 4) is 0 Å². The standard InChI is InChI=1S/C14H19BrN2O3/c1-20-10-11-4-6-16(7-5-11)9-12-2-3-13(15)14(8-12)17(18)19/h2-3,8,11H,4-7,9-10H2,1H3. The summed E-state index contributed by atoms with van der Waals surface area (Å²) in [6.45, 7) is 3.65. The van der Waals surface area contributed by atoms with Crippen molar-refractivity contribution >= 4 is 21.6 Å². The number of nitrogens with zero attached hydrogens (tertiary/aromatic N) is 2. The van der Waals surface area contributed by atoms with Gasteiger partial charge in [-0.3, -0.25) is 15.0 Å². The van der Waals surface area contributed by atoms with E-state index in [0.717, 1.165) is 44.6 Å². The second kappa shape index (κ2) is 7.15. The molecule has 0 aliphatic carbocycles. The Balaban J connectivity index is 1.94.